The third kappa shape index (κ3) is 8.16. The molecule has 1 saturated heterocycles. The van der Waals surface area contributed by atoms with Gasteiger partial charge in [-0.3, -0.25) is 14.5 Å². The highest BCUT2D eigenvalue weighted by Crippen LogP contribution is 2.46. The average Bonchev–Trinajstić information content (AvgIpc) is 3.77. The number of nitrogens with zero attached hydrogens (tertiary/aromatic N) is 7. The molecule has 330 valence electrons. The van der Waals surface area contributed by atoms with Gasteiger partial charge in [0.1, 0.15) is 23.0 Å². The van der Waals surface area contributed by atoms with Crippen molar-refractivity contribution in [2.75, 3.05) is 58.5 Å². The molecule has 0 bridgehead atoms. The van der Waals surface area contributed by atoms with Gasteiger partial charge in [0.15, 0.2) is 0 Å². The van der Waals surface area contributed by atoms with E-state index in [4.69, 9.17) is 42.6 Å². The quantitative estimate of drug-likeness (QED) is 0.113. The first-order valence-electron chi connectivity index (χ1n) is 21.3. The maximum atomic E-state index is 15.5. The van der Waals surface area contributed by atoms with E-state index in [1.165, 1.54) is 0 Å². The van der Waals surface area contributed by atoms with E-state index in [0.29, 0.717) is 91.5 Å². The lowest BCUT2D eigenvalue weighted by Gasteiger charge is -2.35. The molecule has 15 heteroatoms. The van der Waals surface area contributed by atoms with Crippen molar-refractivity contribution in [3.8, 4) is 16.9 Å². The minimum atomic E-state index is -1.06. The fraction of sp³-hybridized carbons (Fsp3) is 0.396. The highest BCUT2D eigenvalue weighted by Gasteiger charge is 2.38. The molecule has 0 spiro atoms. The van der Waals surface area contributed by atoms with Crippen LogP contribution in [0.3, 0.4) is 0 Å². The van der Waals surface area contributed by atoms with Gasteiger partial charge in [-0.2, -0.15) is 0 Å². The number of carboxylic acids is 1. The second-order valence-electron chi connectivity index (χ2n) is 17.0. The van der Waals surface area contributed by atoms with Crippen molar-refractivity contribution in [2.45, 2.75) is 73.5 Å². The number of rotatable bonds is 13. The molecule has 3 aromatic heterocycles. The van der Waals surface area contributed by atoms with Gasteiger partial charge in [-0.05, 0) is 113 Å². The molecule has 3 aromatic carbocycles. The Morgan fingerprint density at radius 1 is 0.921 bits per heavy atom. The molecule has 1 atom stereocenters. The van der Waals surface area contributed by atoms with Crippen LogP contribution in [0, 0.1) is 34.6 Å². The number of anilines is 1. The van der Waals surface area contributed by atoms with Crippen LogP contribution in [0.15, 0.2) is 42.5 Å². The van der Waals surface area contributed by atoms with E-state index in [9.17, 15) is 14.7 Å². The Labute approximate surface area is 377 Å². The summed E-state index contributed by atoms with van der Waals surface area (Å²) in [5.41, 5.74) is 9.50. The van der Waals surface area contributed by atoms with E-state index in [-0.39, 0.29) is 23.6 Å². The second kappa shape index (κ2) is 17.6. The highest BCUT2D eigenvalue weighted by atomic mass is 35.5. The van der Waals surface area contributed by atoms with Crippen LogP contribution in [0.1, 0.15) is 79.8 Å². The van der Waals surface area contributed by atoms with Gasteiger partial charge in [0.25, 0.3) is 5.91 Å². The molecule has 1 N–H and O–H groups in total. The Hall–Kier alpha value is -5.47. The molecule has 2 aliphatic heterocycles. The summed E-state index contributed by atoms with van der Waals surface area (Å²) in [4.78, 5) is 56.2. The van der Waals surface area contributed by atoms with Crippen LogP contribution in [0.25, 0.3) is 32.9 Å². The number of ether oxygens (including phenoxy) is 2. The molecule has 6 aromatic rings. The summed E-state index contributed by atoms with van der Waals surface area (Å²) in [5.74, 6) is 0.177. The van der Waals surface area contributed by atoms with Gasteiger partial charge < -0.3 is 33.5 Å². The molecular formula is C48H53Cl2N7O6. The van der Waals surface area contributed by atoms with Crippen molar-refractivity contribution < 1.29 is 29.0 Å². The lowest BCUT2D eigenvalue weighted by molar-refractivity contribution is -0.134. The van der Waals surface area contributed by atoms with Crippen LogP contribution in [0.4, 0.5) is 5.69 Å². The number of aromatic carboxylic acids is 1. The van der Waals surface area contributed by atoms with Gasteiger partial charge in [-0.1, -0.05) is 29.3 Å². The van der Waals surface area contributed by atoms with E-state index >= 15 is 4.79 Å². The van der Waals surface area contributed by atoms with Crippen LogP contribution >= 0.6 is 23.2 Å². The number of carbonyl (C=O) groups excluding carboxylic acids is 2. The molecule has 0 saturated carbocycles. The SMILES string of the molecule is COCCn1c(C(=O)O)cc2cc(C)cc(N3CC(C)n4c(c(CCCOc5cc(C)c(Cl)c(C)c5)c5ccc(Cl)c(-c6c(C)nc(CN7CCN(C)C(=O)C7)nc6C)c54)C3=O)c21. The number of benzene rings is 3. The summed E-state index contributed by atoms with van der Waals surface area (Å²) in [7, 11) is 3.40. The van der Waals surface area contributed by atoms with Gasteiger partial charge in [-0.15, -0.1) is 0 Å². The van der Waals surface area contributed by atoms with Crippen molar-refractivity contribution in [1.82, 2.24) is 28.9 Å². The van der Waals surface area contributed by atoms with Gasteiger partial charge in [0, 0.05) is 84.7 Å². The van der Waals surface area contributed by atoms with Crippen molar-refractivity contribution in [2.24, 2.45) is 0 Å². The maximum absolute atomic E-state index is 15.5. The van der Waals surface area contributed by atoms with Crippen molar-refractivity contribution in [3.05, 3.63) is 103 Å². The lowest BCUT2D eigenvalue weighted by Crippen LogP contribution is -2.48. The van der Waals surface area contributed by atoms with Crippen LogP contribution < -0.4 is 9.64 Å². The normalized spacial score (nSPS) is 15.9. The molecule has 2 aliphatic rings. The van der Waals surface area contributed by atoms with Gasteiger partial charge in [-0.25, -0.2) is 14.8 Å². The number of aryl methyl sites for hydroxylation is 6. The van der Waals surface area contributed by atoms with E-state index in [0.717, 1.165) is 73.4 Å². The molecule has 1 fully saturated rings. The number of hydrogen-bond donors (Lipinski definition) is 1. The first-order valence-corrected chi connectivity index (χ1v) is 22.1. The summed E-state index contributed by atoms with van der Waals surface area (Å²) in [6.07, 6.45) is 1.12. The molecule has 2 amide bonds. The summed E-state index contributed by atoms with van der Waals surface area (Å²) < 4.78 is 15.6. The Morgan fingerprint density at radius 3 is 2.30 bits per heavy atom. The molecule has 1 unspecified atom stereocenters. The number of carbonyl (C=O) groups is 3. The predicted molar refractivity (Wildman–Crippen MR) is 247 cm³/mol. The molecule has 5 heterocycles. The Bertz CT molecular complexity index is 2790. The minimum absolute atomic E-state index is 0.0689. The van der Waals surface area contributed by atoms with Crippen molar-refractivity contribution >= 4 is 68.5 Å². The van der Waals surface area contributed by atoms with Gasteiger partial charge >= 0.3 is 5.97 Å². The number of fused-ring (bicyclic) bond motifs is 4. The third-order valence-corrected chi connectivity index (χ3v) is 13.3. The molecule has 0 radical (unpaired) electrons. The van der Waals surface area contributed by atoms with Gasteiger partial charge in [0.05, 0.1) is 48.0 Å². The van der Waals surface area contributed by atoms with Crippen LogP contribution in [0.5, 0.6) is 5.75 Å². The van der Waals surface area contributed by atoms with Crippen molar-refractivity contribution in [3.63, 3.8) is 0 Å². The summed E-state index contributed by atoms with van der Waals surface area (Å²) >= 11 is 13.7. The first-order chi connectivity index (χ1) is 30.1. The average molecular weight is 895 g/mol. The Morgan fingerprint density at radius 2 is 1.63 bits per heavy atom. The first kappa shape index (κ1) is 44.1. The number of piperazine rings is 1. The fourth-order valence-corrected chi connectivity index (χ4v) is 9.85. The monoisotopic (exact) mass is 893 g/mol. The summed E-state index contributed by atoms with van der Waals surface area (Å²) in [6, 6.07) is 13.1. The van der Waals surface area contributed by atoms with E-state index in [1.54, 1.807) is 27.5 Å². The smallest absolute Gasteiger partial charge is 0.352 e. The standard InChI is InChI=1S/C48H53Cl2N7O6/c1-26-18-32-22-38(48(60)61)55(15-17-62-8)44(32)37(19-26)56-23-29(4)57-45-35(34(46(57)47(56)59)10-9-16-63-33-20-27(2)43(50)28(3)21-33)11-12-36(49)42(45)41-30(5)51-39(52-31(41)6)24-54-14-13-53(7)40(58)25-54/h11-12,18-22,29H,9-10,13-17,23-25H2,1-8H3,(H,60,61). The third-order valence-electron chi connectivity index (χ3n) is 12.4. The lowest BCUT2D eigenvalue weighted by atomic mass is 9.97. The summed E-state index contributed by atoms with van der Waals surface area (Å²) in [5, 5.41) is 13.1. The van der Waals surface area contributed by atoms with E-state index < -0.39 is 5.97 Å². The number of methoxy groups -OCH3 is 1. The molecular weight excluding hydrogens is 841 g/mol. The number of hydrogen-bond acceptors (Lipinski definition) is 8. The van der Waals surface area contributed by atoms with Crippen molar-refractivity contribution in [1.29, 1.82) is 0 Å². The number of halogens is 2. The highest BCUT2D eigenvalue weighted by molar-refractivity contribution is 6.35. The summed E-state index contributed by atoms with van der Waals surface area (Å²) in [6.45, 7) is 15.3. The topological polar surface area (TPSA) is 135 Å². The number of likely N-dealkylation sites (N-methyl/N-ethyl adjacent to an activating group) is 1. The molecule has 8 rings (SSSR count). The zero-order chi connectivity index (χ0) is 45.0. The zero-order valence-corrected chi connectivity index (χ0v) is 38.6. The minimum Gasteiger partial charge on any atom is -0.494 e. The number of amides is 2. The van der Waals surface area contributed by atoms with E-state index in [1.807, 2.05) is 78.1 Å². The fourth-order valence-electron chi connectivity index (χ4n) is 9.50. The number of carboxylic acid groups (broad SMARTS) is 1. The molecule has 13 nitrogen and oxygen atoms in total. The zero-order valence-electron chi connectivity index (χ0n) is 37.1. The van der Waals surface area contributed by atoms with E-state index in [2.05, 4.69) is 16.4 Å². The second-order valence-corrected chi connectivity index (χ2v) is 17.8. The molecule has 0 aliphatic carbocycles. The van der Waals surface area contributed by atoms with Crippen LogP contribution in [-0.4, -0.2) is 105 Å². The Kier molecular flexibility index (Phi) is 12.3. The maximum Gasteiger partial charge on any atom is 0.352 e. The molecule has 63 heavy (non-hydrogen) atoms. The number of aromatic nitrogens is 4. The Balaban J connectivity index is 1.26. The van der Waals surface area contributed by atoms with Gasteiger partial charge in [0.2, 0.25) is 5.91 Å². The van der Waals surface area contributed by atoms with Crippen LogP contribution in [0.2, 0.25) is 10.0 Å². The predicted octanol–water partition coefficient (Wildman–Crippen LogP) is 8.75. The largest absolute Gasteiger partial charge is 0.494 e. The van der Waals surface area contributed by atoms with Crippen LogP contribution in [-0.2, 0) is 29.0 Å².